The van der Waals surface area contributed by atoms with Gasteiger partial charge in [-0.3, -0.25) is 0 Å². The van der Waals surface area contributed by atoms with E-state index in [0.717, 1.165) is 6.42 Å². The van der Waals surface area contributed by atoms with Gasteiger partial charge in [-0.05, 0) is 18.4 Å². The number of rotatable bonds is 1. The Bertz CT molecular complexity index is 548. The molecule has 6 heteroatoms. The molecule has 2 fully saturated rings. The molecule has 20 heavy (non-hydrogen) atoms. The van der Waals surface area contributed by atoms with Crippen LogP contribution in [0.5, 0.6) is 11.5 Å². The maximum atomic E-state index is 13.3. The van der Waals surface area contributed by atoms with Gasteiger partial charge in [-0.1, -0.05) is 12.1 Å². The molecule has 2 saturated heterocycles. The first-order chi connectivity index (χ1) is 9.61. The minimum absolute atomic E-state index is 0.0816. The van der Waals surface area contributed by atoms with Crippen molar-refractivity contribution in [1.82, 2.24) is 0 Å². The molecule has 0 saturated carbocycles. The lowest BCUT2D eigenvalue weighted by molar-refractivity contribution is -0.287. The number of hydrogen-bond donors (Lipinski definition) is 0. The largest absolute Gasteiger partial charge is 0.586 e. The van der Waals surface area contributed by atoms with E-state index in [0.29, 0.717) is 32.0 Å². The maximum Gasteiger partial charge on any atom is 0.586 e. The van der Waals surface area contributed by atoms with Crippen LogP contribution in [0.2, 0.25) is 0 Å². The summed E-state index contributed by atoms with van der Waals surface area (Å²) in [6, 6.07) is 5.00. The molecular weight excluding hydrogens is 270 g/mol. The van der Waals surface area contributed by atoms with E-state index < -0.39 is 11.7 Å². The highest BCUT2D eigenvalue weighted by molar-refractivity contribution is 5.53. The second-order valence-electron chi connectivity index (χ2n) is 5.51. The van der Waals surface area contributed by atoms with Crippen molar-refractivity contribution in [3.8, 4) is 11.5 Å². The Labute approximate surface area is 114 Å². The lowest BCUT2D eigenvalue weighted by Crippen LogP contribution is -2.43. The average molecular weight is 284 g/mol. The first-order valence-corrected chi connectivity index (χ1v) is 6.66. The monoisotopic (exact) mass is 284 g/mol. The number of fused-ring (bicyclic) bond motifs is 2. The SMILES string of the molecule is FC1(F)Oc2cccc([C@]34COCC[C@H]3COC4)c2O1. The van der Waals surface area contributed by atoms with Crippen molar-refractivity contribution in [1.29, 1.82) is 0 Å². The Morgan fingerprint density at radius 3 is 2.85 bits per heavy atom. The first kappa shape index (κ1) is 12.3. The molecular formula is C14H14F2O4. The van der Waals surface area contributed by atoms with Crippen LogP contribution in [0.4, 0.5) is 8.78 Å². The van der Waals surface area contributed by atoms with E-state index in [-0.39, 0.29) is 17.4 Å². The molecule has 0 aliphatic carbocycles. The van der Waals surface area contributed by atoms with Crippen LogP contribution in [0.3, 0.4) is 0 Å². The summed E-state index contributed by atoms with van der Waals surface area (Å²) in [5.74, 6) is 0.470. The van der Waals surface area contributed by atoms with Crippen molar-refractivity contribution in [2.24, 2.45) is 5.92 Å². The summed E-state index contributed by atoms with van der Waals surface area (Å²) >= 11 is 0. The molecule has 0 unspecified atom stereocenters. The summed E-state index contributed by atoms with van der Waals surface area (Å²) in [5, 5.41) is 0. The van der Waals surface area contributed by atoms with Crippen LogP contribution in [0.25, 0.3) is 0 Å². The van der Waals surface area contributed by atoms with Gasteiger partial charge in [0.2, 0.25) is 0 Å². The zero-order chi connectivity index (χ0) is 13.8. The molecule has 108 valence electrons. The van der Waals surface area contributed by atoms with Crippen LogP contribution < -0.4 is 9.47 Å². The lowest BCUT2D eigenvalue weighted by atomic mass is 9.70. The molecule has 0 spiro atoms. The van der Waals surface area contributed by atoms with Crippen molar-refractivity contribution in [2.45, 2.75) is 18.1 Å². The summed E-state index contributed by atoms with van der Waals surface area (Å²) in [4.78, 5) is 0. The number of benzene rings is 1. The number of alkyl halides is 2. The van der Waals surface area contributed by atoms with E-state index in [1.165, 1.54) is 6.07 Å². The van der Waals surface area contributed by atoms with Crippen LogP contribution in [0, 0.1) is 5.92 Å². The van der Waals surface area contributed by atoms with Crippen molar-refractivity contribution in [2.75, 3.05) is 26.4 Å². The standard InChI is InChI=1S/C14H14F2O4/c15-14(16)19-11-3-1-2-10(12(11)20-14)13-7-17-5-4-9(13)6-18-8-13/h1-3,9H,4-8H2/t9-,13-/m0/s1. The molecule has 3 aliphatic rings. The minimum atomic E-state index is -3.60. The highest BCUT2D eigenvalue weighted by Gasteiger charge is 2.53. The highest BCUT2D eigenvalue weighted by atomic mass is 19.3. The van der Waals surface area contributed by atoms with Crippen molar-refractivity contribution >= 4 is 0 Å². The number of hydrogen-bond acceptors (Lipinski definition) is 4. The Balaban J connectivity index is 1.82. The molecule has 0 amide bonds. The quantitative estimate of drug-likeness (QED) is 0.793. The molecule has 0 bridgehead atoms. The van der Waals surface area contributed by atoms with Gasteiger partial charge >= 0.3 is 6.29 Å². The highest BCUT2D eigenvalue weighted by Crippen LogP contribution is 2.52. The molecule has 0 aromatic heterocycles. The predicted octanol–water partition coefficient (Wildman–Crippen LogP) is 2.31. The van der Waals surface area contributed by atoms with Gasteiger partial charge in [0.1, 0.15) is 0 Å². The zero-order valence-electron chi connectivity index (χ0n) is 10.7. The topological polar surface area (TPSA) is 36.9 Å². The maximum absolute atomic E-state index is 13.3. The van der Waals surface area contributed by atoms with Crippen molar-refractivity contribution in [3.05, 3.63) is 23.8 Å². The zero-order valence-corrected chi connectivity index (χ0v) is 10.7. The fourth-order valence-electron chi connectivity index (χ4n) is 3.40. The van der Waals surface area contributed by atoms with Gasteiger partial charge in [-0.25, -0.2) is 0 Å². The molecule has 1 aromatic rings. The average Bonchev–Trinajstić information content (AvgIpc) is 2.97. The van der Waals surface area contributed by atoms with Crippen LogP contribution in [-0.4, -0.2) is 32.7 Å². The van der Waals surface area contributed by atoms with Gasteiger partial charge in [0, 0.05) is 12.2 Å². The summed E-state index contributed by atoms with van der Waals surface area (Å²) in [6.07, 6.45) is -2.74. The Morgan fingerprint density at radius 1 is 1.10 bits per heavy atom. The third kappa shape index (κ3) is 1.64. The van der Waals surface area contributed by atoms with Gasteiger partial charge in [0.25, 0.3) is 0 Å². The first-order valence-electron chi connectivity index (χ1n) is 6.66. The number of halogens is 2. The summed E-state index contributed by atoms with van der Waals surface area (Å²) in [6.45, 7) is 2.23. The molecule has 3 aliphatic heterocycles. The van der Waals surface area contributed by atoms with E-state index in [1.807, 2.05) is 0 Å². The van der Waals surface area contributed by atoms with E-state index >= 15 is 0 Å². The summed E-state index contributed by atoms with van der Waals surface area (Å²) in [7, 11) is 0. The third-order valence-electron chi connectivity index (χ3n) is 4.40. The van der Waals surface area contributed by atoms with Crippen LogP contribution in [0.15, 0.2) is 18.2 Å². The molecule has 3 heterocycles. The van der Waals surface area contributed by atoms with Gasteiger partial charge < -0.3 is 18.9 Å². The van der Waals surface area contributed by atoms with E-state index in [2.05, 4.69) is 4.74 Å². The number of ether oxygens (including phenoxy) is 4. The van der Waals surface area contributed by atoms with Crippen LogP contribution in [-0.2, 0) is 14.9 Å². The molecule has 4 nitrogen and oxygen atoms in total. The van der Waals surface area contributed by atoms with Gasteiger partial charge in [0.05, 0.1) is 25.2 Å². The van der Waals surface area contributed by atoms with Crippen LogP contribution >= 0.6 is 0 Å². The Morgan fingerprint density at radius 2 is 1.95 bits per heavy atom. The lowest BCUT2D eigenvalue weighted by Gasteiger charge is -2.38. The number of para-hydroxylation sites is 1. The Hall–Kier alpha value is -1.40. The van der Waals surface area contributed by atoms with Gasteiger partial charge in [0.15, 0.2) is 11.5 Å². The molecule has 4 rings (SSSR count). The van der Waals surface area contributed by atoms with E-state index in [1.54, 1.807) is 12.1 Å². The Kier molecular flexibility index (Phi) is 2.50. The van der Waals surface area contributed by atoms with E-state index in [4.69, 9.17) is 14.2 Å². The van der Waals surface area contributed by atoms with Crippen molar-refractivity contribution < 1.29 is 27.7 Å². The third-order valence-corrected chi connectivity index (χ3v) is 4.40. The van der Waals surface area contributed by atoms with Crippen molar-refractivity contribution in [3.63, 3.8) is 0 Å². The normalized spacial score (nSPS) is 34.0. The molecule has 1 aromatic carbocycles. The van der Waals surface area contributed by atoms with Crippen LogP contribution in [0.1, 0.15) is 12.0 Å². The van der Waals surface area contributed by atoms with Gasteiger partial charge in [-0.2, -0.15) is 0 Å². The fraction of sp³-hybridized carbons (Fsp3) is 0.571. The molecule has 2 atom stereocenters. The fourth-order valence-corrected chi connectivity index (χ4v) is 3.40. The summed E-state index contributed by atoms with van der Waals surface area (Å²) < 4.78 is 47.1. The summed E-state index contributed by atoms with van der Waals surface area (Å²) in [5.41, 5.74) is 0.294. The van der Waals surface area contributed by atoms with Gasteiger partial charge in [-0.15, -0.1) is 8.78 Å². The second-order valence-corrected chi connectivity index (χ2v) is 5.51. The molecule has 0 N–H and O–H groups in total. The smallest absolute Gasteiger partial charge is 0.395 e. The molecule has 0 radical (unpaired) electrons. The second kappa shape index (κ2) is 4.05. The predicted molar refractivity (Wildman–Crippen MR) is 64.1 cm³/mol. The minimum Gasteiger partial charge on any atom is -0.395 e. The van der Waals surface area contributed by atoms with E-state index in [9.17, 15) is 8.78 Å².